The lowest BCUT2D eigenvalue weighted by molar-refractivity contribution is 0.150. The minimum absolute atomic E-state index is 0.338. The predicted molar refractivity (Wildman–Crippen MR) is 68.8 cm³/mol. The molecule has 1 rings (SSSR count). The van der Waals surface area contributed by atoms with Crippen molar-refractivity contribution in [1.82, 2.24) is 10.6 Å². The van der Waals surface area contributed by atoms with Gasteiger partial charge in [-0.2, -0.15) is 0 Å². The van der Waals surface area contributed by atoms with Gasteiger partial charge in [0.05, 0.1) is 0 Å². The summed E-state index contributed by atoms with van der Waals surface area (Å²) < 4.78 is 5.13. The van der Waals surface area contributed by atoms with Gasteiger partial charge in [-0.3, -0.25) is 0 Å². The first-order valence-electron chi connectivity index (χ1n) is 6.57. The number of ether oxygens (including phenoxy) is 1. The van der Waals surface area contributed by atoms with Crippen molar-refractivity contribution in [2.75, 3.05) is 33.4 Å². The molecular weight excluding hydrogens is 200 g/mol. The summed E-state index contributed by atoms with van der Waals surface area (Å²) in [5.41, 5.74) is 0.338. The van der Waals surface area contributed by atoms with E-state index in [-0.39, 0.29) is 0 Å². The van der Waals surface area contributed by atoms with E-state index in [1.54, 1.807) is 7.11 Å². The fraction of sp³-hybridized carbons (Fsp3) is 1.00. The molecule has 3 heteroatoms. The highest BCUT2D eigenvalue weighted by Crippen LogP contribution is 2.18. The standard InChI is InChI=1S/C13H28N2O/c1-13(2,7-9-16-3)11-14-10-12-6-4-5-8-15-12/h12,14-15H,4-11H2,1-3H3. The Kier molecular flexibility index (Phi) is 6.32. The van der Waals surface area contributed by atoms with Gasteiger partial charge in [-0.05, 0) is 31.2 Å². The van der Waals surface area contributed by atoms with Crippen molar-refractivity contribution in [3.63, 3.8) is 0 Å². The second-order valence-corrected chi connectivity index (χ2v) is 5.68. The van der Waals surface area contributed by atoms with Gasteiger partial charge < -0.3 is 15.4 Å². The number of nitrogens with one attached hydrogen (secondary N) is 2. The Morgan fingerprint density at radius 1 is 1.38 bits per heavy atom. The quantitative estimate of drug-likeness (QED) is 0.697. The van der Waals surface area contributed by atoms with Crippen molar-refractivity contribution in [2.45, 2.75) is 45.6 Å². The van der Waals surface area contributed by atoms with E-state index in [0.717, 1.165) is 26.1 Å². The molecule has 2 N–H and O–H groups in total. The lowest BCUT2D eigenvalue weighted by Gasteiger charge is -2.28. The van der Waals surface area contributed by atoms with E-state index < -0.39 is 0 Å². The molecule has 1 unspecified atom stereocenters. The van der Waals surface area contributed by atoms with Gasteiger partial charge in [0, 0.05) is 32.8 Å². The molecule has 0 spiro atoms. The van der Waals surface area contributed by atoms with Gasteiger partial charge in [0.25, 0.3) is 0 Å². The minimum atomic E-state index is 0.338. The Balaban J connectivity index is 2.08. The van der Waals surface area contributed by atoms with Gasteiger partial charge in [0.15, 0.2) is 0 Å². The van der Waals surface area contributed by atoms with Gasteiger partial charge in [-0.15, -0.1) is 0 Å². The highest BCUT2D eigenvalue weighted by molar-refractivity contribution is 4.77. The van der Waals surface area contributed by atoms with Crippen LogP contribution in [0, 0.1) is 5.41 Å². The molecule has 0 saturated carbocycles. The summed E-state index contributed by atoms with van der Waals surface area (Å²) in [5, 5.41) is 7.15. The van der Waals surface area contributed by atoms with Crippen LogP contribution in [-0.4, -0.2) is 39.4 Å². The predicted octanol–water partition coefficient (Wildman–Crippen LogP) is 1.78. The summed E-state index contributed by atoms with van der Waals surface area (Å²) in [6.07, 6.45) is 5.17. The van der Waals surface area contributed by atoms with Crippen LogP contribution in [0.25, 0.3) is 0 Å². The highest BCUT2D eigenvalue weighted by Gasteiger charge is 2.18. The zero-order valence-electron chi connectivity index (χ0n) is 11.1. The van der Waals surface area contributed by atoms with Crippen LogP contribution < -0.4 is 10.6 Å². The summed E-state index contributed by atoms with van der Waals surface area (Å²) in [6.45, 7) is 8.83. The third-order valence-corrected chi connectivity index (χ3v) is 3.39. The van der Waals surface area contributed by atoms with Crippen molar-refractivity contribution in [2.24, 2.45) is 5.41 Å². The molecule has 16 heavy (non-hydrogen) atoms. The Morgan fingerprint density at radius 3 is 2.81 bits per heavy atom. The Labute approximate surface area is 100 Å². The van der Waals surface area contributed by atoms with Gasteiger partial charge in [0.1, 0.15) is 0 Å². The summed E-state index contributed by atoms with van der Waals surface area (Å²) in [6, 6.07) is 0.687. The van der Waals surface area contributed by atoms with E-state index in [4.69, 9.17) is 4.74 Å². The zero-order chi connectivity index (χ0) is 11.9. The molecule has 1 atom stereocenters. The third-order valence-electron chi connectivity index (χ3n) is 3.39. The van der Waals surface area contributed by atoms with E-state index in [2.05, 4.69) is 24.5 Å². The summed E-state index contributed by atoms with van der Waals surface area (Å²) in [5.74, 6) is 0. The first kappa shape index (κ1) is 13.9. The number of hydrogen-bond donors (Lipinski definition) is 2. The van der Waals surface area contributed by atoms with E-state index in [1.165, 1.54) is 25.8 Å². The fourth-order valence-corrected chi connectivity index (χ4v) is 2.15. The first-order valence-corrected chi connectivity index (χ1v) is 6.57. The lowest BCUT2D eigenvalue weighted by Crippen LogP contribution is -2.44. The molecule has 0 aromatic carbocycles. The van der Waals surface area contributed by atoms with Gasteiger partial charge in [-0.1, -0.05) is 20.3 Å². The number of piperidine rings is 1. The van der Waals surface area contributed by atoms with E-state index in [1.807, 2.05) is 0 Å². The van der Waals surface area contributed by atoms with Crippen molar-refractivity contribution >= 4 is 0 Å². The molecule has 0 aromatic heterocycles. The van der Waals surface area contributed by atoms with Gasteiger partial charge in [0.2, 0.25) is 0 Å². The van der Waals surface area contributed by atoms with Crippen molar-refractivity contribution < 1.29 is 4.74 Å². The average Bonchev–Trinajstić information content (AvgIpc) is 2.28. The van der Waals surface area contributed by atoms with Crippen molar-refractivity contribution in [3.8, 4) is 0 Å². The maximum absolute atomic E-state index is 5.13. The maximum Gasteiger partial charge on any atom is 0.0467 e. The van der Waals surface area contributed by atoms with Crippen molar-refractivity contribution in [1.29, 1.82) is 0 Å². The molecule has 0 radical (unpaired) electrons. The SMILES string of the molecule is COCCC(C)(C)CNCC1CCCCN1. The molecule has 1 saturated heterocycles. The largest absolute Gasteiger partial charge is 0.385 e. The molecule has 0 bridgehead atoms. The van der Waals surface area contributed by atoms with Crippen LogP contribution in [0.3, 0.4) is 0 Å². The number of hydrogen-bond acceptors (Lipinski definition) is 3. The van der Waals surface area contributed by atoms with Gasteiger partial charge in [-0.25, -0.2) is 0 Å². The summed E-state index contributed by atoms with van der Waals surface area (Å²) in [4.78, 5) is 0. The molecule has 96 valence electrons. The number of rotatable bonds is 7. The molecule has 0 aromatic rings. The first-order chi connectivity index (χ1) is 7.64. The van der Waals surface area contributed by atoms with Crippen molar-refractivity contribution in [3.05, 3.63) is 0 Å². The second-order valence-electron chi connectivity index (χ2n) is 5.68. The monoisotopic (exact) mass is 228 g/mol. The molecule has 0 aliphatic carbocycles. The molecule has 1 aliphatic heterocycles. The molecule has 1 aliphatic rings. The fourth-order valence-electron chi connectivity index (χ4n) is 2.15. The Hall–Kier alpha value is -0.120. The molecule has 1 heterocycles. The smallest absolute Gasteiger partial charge is 0.0467 e. The van der Waals surface area contributed by atoms with Gasteiger partial charge >= 0.3 is 0 Å². The normalized spacial score (nSPS) is 22.3. The molecular formula is C13H28N2O. The zero-order valence-corrected chi connectivity index (χ0v) is 11.1. The minimum Gasteiger partial charge on any atom is -0.385 e. The topological polar surface area (TPSA) is 33.3 Å². The lowest BCUT2D eigenvalue weighted by atomic mass is 9.89. The Bertz CT molecular complexity index is 177. The van der Waals surface area contributed by atoms with Crippen LogP contribution in [-0.2, 0) is 4.74 Å². The number of methoxy groups -OCH3 is 1. The second kappa shape index (κ2) is 7.25. The van der Waals surface area contributed by atoms with E-state index in [9.17, 15) is 0 Å². The van der Waals surface area contributed by atoms with Crippen LogP contribution in [0.4, 0.5) is 0 Å². The molecule has 0 amide bonds. The Morgan fingerprint density at radius 2 is 2.19 bits per heavy atom. The average molecular weight is 228 g/mol. The van der Waals surface area contributed by atoms with Crippen LogP contribution >= 0.6 is 0 Å². The highest BCUT2D eigenvalue weighted by atomic mass is 16.5. The summed E-state index contributed by atoms with van der Waals surface area (Å²) >= 11 is 0. The molecule has 3 nitrogen and oxygen atoms in total. The maximum atomic E-state index is 5.13. The van der Waals surface area contributed by atoms with E-state index in [0.29, 0.717) is 11.5 Å². The van der Waals surface area contributed by atoms with E-state index >= 15 is 0 Å². The van der Waals surface area contributed by atoms with Crippen LogP contribution in [0.5, 0.6) is 0 Å². The molecule has 1 fully saturated rings. The third kappa shape index (κ3) is 5.83. The van der Waals surface area contributed by atoms with Crippen LogP contribution in [0.1, 0.15) is 39.5 Å². The van der Waals surface area contributed by atoms with Crippen LogP contribution in [0.15, 0.2) is 0 Å². The summed E-state index contributed by atoms with van der Waals surface area (Å²) in [7, 11) is 1.77. The van der Waals surface area contributed by atoms with Crippen LogP contribution in [0.2, 0.25) is 0 Å².